The zero-order valence-electron chi connectivity index (χ0n) is 68.7. The maximum absolute atomic E-state index is 6.29. The highest BCUT2D eigenvalue weighted by molar-refractivity contribution is 6.62. The van der Waals surface area contributed by atoms with Gasteiger partial charge in [-0.3, -0.25) is 0 Å². The molecule has 4 aromatic heterocycles. The van der Waals surface area contributed by atoms with Crippen LogP contribution < -0.4 is 5.46 Å². The molecule has 21 rings (SSSR count). The normalized spacial score (nSPS) is 12.6. The third-order valence-corrected chi connectivity index (χ3v) is 23.2. The molecule has 20 aromatic rings. The number of hydrogen-bond donors (Lipinski definition) is 0. The van der Waals surface area contributed by atoms with E-state index in [2.05, 4.69) is 313 Å². The number of fused-ring (bicyclic) bond motifs is 6. The molecule has 124 heavy (non-hydrogen) atoms. The van der Waals surface area contributed by atoms with Crippen LogP contribution in [0.1, 0.15) is 72.2 Å². The van der Waals surface area contributed by atoms with Crippen molar-refractivity contribution in [3.63, 3.8) is 0 Å². The van der Waals surface area contributed by atoms with Crippen molar-refractivity contribution < 1.29 is 18.1 Å². The minimum absolute atomic E-state index is 0.362. The first-order chi connectivity index (χ1) is 60.8. The van der Waals surface area contributed by atoms with Gasteiger partial charge in [-0.05, 0) is 166 Å². The Bertz CT molecular complexity index is 7160. The van der Waals surface area contributed by atoms with Gasteiger partial charge in [0, 0.05) is 59.9 Å². The van der Waals surface area contributed by atoms with E-state index in [1.54, 1.807) is 0 Å². The third-order valence-electron chi connectivity index (χ3n) is 22.9. The quantitative estimate of drug-likeness (QED) is 0.0683. The van der Waals surface area contributed by atoms with Gasteiger partial charge in [0.15, 0.2) is 34.9 Å². The topological polar surface area (TPSA) is 122 Å². The number of nitrogens with zero attached hydrogens (tertiary/aromatic N) is 6. The van der Waals surface area contributed by atoms with Crippen LogP contribution in [0.3, 0.4) is 0 Å². The summed E-state index contributed by atoms with van der Waals surface area (Å²) in [6.07, 6.45) is 0. The van der Waals surface area contributed by atoms with Crippen molar-refractivity contribution in [2.45, 2.75) is 38.9 Å². The molecule has 0 amide bonds. The van der Waals surface area contributed by atoms with Gasteiger partial charge < -0.3 is 18.1 Å². The van der Waals surface area contributed by atoms with Crippen LogP contribution in [0.2, 0.25) is 5.02 Å². The highest BCUT2D eigenvalue weighted by Gasteiger charge is 2.51. The standard InChI is InChI=1S/C53H35N3O.C32H31BO2.C27H16ClN3O/c1-5-16-37(17-6-1)49(38-18-7-2-8-19-38)50(39-20-9-3-10-21-39)40-30-28-36(29-31-40)42-24-15-25-43(34-42)52-54-51(41-22-11-4-12-23-41)55-53(56-52)44-32-33-46-45-26-13-14-27-47(45)57-48(46)35-44;1-31(2)32(3,4)35-33(34-31)28-22-20-27(21-23-28)30(26-18-12-7-13-19-26)29(24-14-8-5-9-15-24)25-16-10-6-11-17-25;28-20-10-6-9-18(15-20)26-29-25(17-7-2-1-3-8-17)30-27(31-26)19-13-14-22-21-11-4-5-12-23(21)32-24(22)16-19/h1-35H;5-23H,1-4H3;1-16H. The number of aromatic nitrogens is 6. The molecule has 0 aliphatic carbocycles. The molecule has 0 radical (unpaired) electrons. The number of hydrogen-bond acceptors (Lipinski definition) is 10. The smallest absolute Gasteiger partial charge is 0.456 e. The van der Waals surface area contributed by atoms with E-state index >= 15 is 0 Å². The molecule has 0 spiro atoms. The number of benzene rings is 16. The SMILES string of the molecule is CC1(C)OB(c2ccc(C(=C(c3ccccc3)c3ccccc3)c3ccccc3)cc2)OC1(C)C.Clc1cccc(-c2nc(-c3ccccc3)nc(-c3ccc4c(c3)oc3ccccc34)n2)c1.c1ccc(C(=C(c2ccccc2)c2ccc(-c3cccc(-c4nc(-c5ccccc5)nc(-c5ccc6c(c5)oc5ccccc56)n4)c3)cc2)c2ccccc2)cc1. The molecule has 0 atom stereocenters. The van der Waals surface area contributed by atoms with Crippen LogP contribution >= 0.6 is 11.6 Å². The summed E-state index contributed by atoms with van der Waals surface area (Å²) < 4.78 is 24.9. The van der Waals surface area contributed by atoms with E-state index in [0.717, 1.165) is 111 Å². The second-order valence-electron chi connectivity index (χ2n) is 31.5. The Hall–Kier alpha value is -15.1. The first-order valence-electron chi connectivity index (χ1n) is 41.6. The maximum atomic E-state index is 6.29. The highest BCUT2D eigenvalue weighted by Crippen LogP contribution is 2.43. The van der Waals surface area contributed by atoms with Gasteiger partial charge in [-0.25, -0.2) is 29.9 Å². The molecule has 1 aliphatic heterocycles. The van der Waals surface area contributed by atoms with E-state index in [4.69, 9.17) is 59.6 Å². The lowest BCUT2D eigenvalue weighted by Gasteiger charge is -2.32. The molecule has 5 heterocycles. The molecule has 594 valence electrons. The zero-order chi connectivity index (χ0) is 83.9. The summed E-state index contributed by atoms with van der Waals surface area (Å²) in [6.45, 7) is 8.35. The first kappa shape index (κ1) is 78.7. The zero-order valence-corrected chi connectivity index (χ0v) is 69.4. The van der Waals surface area contributed by atoms with E-state index in [1.165, 1.54) is 50.1 Å². The summed E-state index contributed by atoms with van der Waals surface area (Å²) in [5.41, 5.74) is 25.2. The monoisotopic (exact) mass is 1620 g/mol. The van der Waals surface area contributed by atoms with Crippen molar-refractivity contribution in [3.8, 4) is 79.5 Å². The van der Waals surface area contributed by atoms with Gasteiger partial charge in [-0.15, -0.1) is 0 Å². The average Bonchev–Trinajstić information content (AvgIpc) is 1.60. The van der Waals surface area contributed by atoms with E-state index in [0.29, 0.717) is 40.0 Å². The molecule has 0 bridgehead atoms. The minimum Gasteiger partial charge on any atom is -0.456 e. The molecular formula is C112H82BClN6O4. The predicted octanol–water partition coefficient (Wildman–Crippen LogP) is 27.9. The molecule has 1 saturated heterocycles. The molecule has 0 unspecified atom stereocenters. The summed E-state index contributed by atoms with van der Waals surface area (Å²) in [6, 6.07) is 146. The number of halogens is 1. The molecule has 1 fully saturated rings. The fourth-order valence-corrected chi connectivity index (χ4v) is 16.2. The van der Waals surface area contributed by atoms with E-state index in [1.807, 2.05) is 140 Å². The Kier molecular flexibility index (Phi) is 22.2. The number of furan rings is 2. The van der Waals surface area contributed by atoms with E-state index < -0.39 is 0 Å². The summed E-state index contributed by atoms with van der Waals surface area (Å²) >= 11 is 6.23. The van der Waals surface area contributed by atoms with Gasteiger partial charge in [0.25, 0.3) is 0 Å². The van der Waals surface area contributed by atoms with Gasteiger partial charge in [0.2, 0.25) is 0 Å². The fourth-order valence-electron chi connectivity index (χ4n) is 16.0. The van der Waals surface area contributed by atoms with Crippen molar-refractivity contribution in [3.05, 3.63) is 474 Å². The molecule has 0 saturated carbocycles. The molecule has 16 aromatic carbocycles. The van der Waals surface area contributed by atoms with Gasteiger partial charge in [-0.2, -0.15) is 0 Å². The van der Waals surface area contributed by atoms with Crippen LogP contribution in [0.25, 0.3) is 146 Å². The van der Waals surface area contributed by atoms with Crippen LogP contribution in [0.15, 0.2) is 433 Å². The van der Waals surface area contributed by atoms with E-state index in [9.17, 15) is 0 Å². The highest BCUT2D eigenvalue weighted by atomic mass is 35.5. The van der Waals surface area contributed by atoms with Crippen molar-refractivity contribution in [1.82, 2.24) is 29.9 Å². The molecule has 0 N–H and O–H groups in total. The fraction of sp³-hybridized carbons (Fsp3) is 0.0536. The number of para-hydroxylation sites is 2. The Morgan fingerprint density at radius 2 is 0.476 bits per heavy atom. The van der Waals surface area contributed by atoms with E-state index in [-0.39, 0.29) is 18.3 Å². The summed E-state index contributed by atoms with van der Waals surface area (Å²) in [7, 11) is -0.374. The van der Waals surface area contributed by atoms with Crippen LogP contribution in [-0.2, 0) is 9.31 Å². The lowest BCUT2D eigenvalue weighted by molar-refractivity contribution is 0.00578. The second kappa shape index (κ2) is 34.9. The first-order valence-corrected chi connectivity index (χ1v) is 41.9. The summed E-state index contributed by atoms with van der Waals surface area (Å²) in [5.74, 6) is 3.56. The van der Waals surface area contributed by atoms with Crippen molar-refractivity contribution in [2.24, 2.45) is 0 Å². The lowest BCUT2D eigenvalue weighted by Crippen LogP contribution is -2.41. The van der Waals surface area contributed by atoms with Gasteiger partial charge in [0.1, 0.15) is 22.3 Å². The lowest BCUT2D eigenvalue weighted by atomic mass is 9.77. The Labute approximate surface area is 726 Å². The van der Waals surface area contributed by atoms with Gasteiger partial charge in [-0.1, -0.05) is 382 Å². The Morgan fingerprint density at radius 3 is 0.831 bits per heavy atom. The molecule has 1 aliphatic rings. The largest absolute Gasteiger partial charge is 0.494 e. The molecule has 10 nitrogen and oxygen atoms in total. The van der Waals surface area contributed by atoms with Crippen LogP contribution in [0.5, 0.6) is 0 Å². The van der Waals surface area contributed by atoms with Crippen molar-refractivity contribution in [1.29, 1.82) is 0 Å². The van der Waals surface area contributed by atoms with Crippen molar-refractivity contribution >= 4 is 90.4 Å². The van der Waals surface area contributed by atoms with Crippen LogP contribution in [0.4, 0.5) is 0 Å². The maximum Gasteiger partial charge on any atom is 0.494 e. The second-order valence-corrected chi connectivity index (χ2v) is 32.0. The third kappa shape index (κ3) is 16.7. The van der Waals surface area contributed by atoms with Crippen LogP contribution in [0, 0.1) is 0 Å². The van der Waals surface area contributed by atoms with Crippen molar-refractivity contribution in [2.75, 3.05) is 0 Å². The Morgan fingerprint density at radius 1 is 0.218 bits per heavy atom. The Balaban J connectivity index is 0.000000130. The van der Waals surface area contributed by atoms with Gasteiger partial charge in [0.05, 0.1) is 11.2 Å². The van der Waals surface area contributed by atoms with Gasteiger partial charge >= 0.3 is 7.12 Å². The summed E-state index contributed by atoms with van der Waals surface area (Å²) in [4.78, 5) is 29.4. The average molecular weight is 1620 g/mol. The predicted molar refractivity (Wildman–Crippen MR) is 508 cm³/mol. The van der Waals surface area contributed by atoms with Crippen LogP contribution in [-0.4, -0.2) is 48.2 Å². The minimum atomic E-state index is -0.374. The summed E-state index contributed by atoms with van der Waals surface area (Å²) in [5, 5.41) is 4.94. The molecule has 12 heteroatoms. The molecular weight excluding hydrogens is 1540 g/mol. The number of rotatable bonds is 16.